The first-order valence-electron chi connectivity index (χ1n) is 6.19. The Hall–Kier alpha value is -1.53. The lowest BCUT2D eigenvalue weighted by Crippen LogP contribution is -2.31. The number of ether oxygens (including phenoxy) is 2. The number of hydrogen-bond donors (Lipinski definition) is 2. The fraction of sp³-hybridized carbons (Fsp3) is 0.385. The summed E-state index contributed by atoms with van der Waals surface area (Å²) >= 11 is 11.2. The second-order valence-electron chi connectivity index (χ2n) is 3.69. The molecule has 2 N–H and O–H groups in total. The molecule has 0 fully saturated rings. The van der Waals surface area contributed by atoms with E-state index in [1.807, 2.05) is 13.8 Å². The zero-order valence-electron chi connectivity index (χ0n) is 11.7. The summed E-state index contributed by atoms with van der Waals surface area (Å²) in [5, 5.41) is 7.91. The van der Waals surface area contributed by atoms with Gasteiger partial charge in [0.2, 0.25) is 0 Å². The predicted octanol–water partition coefficient (Wildman–Crippen LogP) is 2.57. The third-order valence-corrected chi connectivity index (χ3v) is 2.85. The number of methoxy groups -OCH3 is 1. The summed E-state index contributed by atoms with van der Waals surface area (Å²) < 4.78 is 10.7. The SMILES string of the molecule is CCNC(=S)N/N=C\c1cc(OC)c(OCC)cc1Cl. The first-order chi connectivity index (χ1) is 9.62. The average Bonchev–Trinajstić information content (AvgIpc) is 2.42. The van der Waals surface area contributed by atoms with Gasteiger partial charge in [0.15, 0.2) is 16.6 Å². The number of nitrogens with zero attached hydrogens (tertiary/aromatic N) is 1. The summed E-state index contributed by atoms with van der Waals surface area (Å²) in [7, 11) is 1.57. The summed E-state index contributed by atoms with van der Waals surface area (Å²) in [6, 6.07) is 3.46. The molecule has 0 aliphatic heterocycles. The van der Waals surface area contributed by atoms with E-state index in [0.717, 1.165) is 6.54 Å². The van der Waals surface area contributed by atoms with Crippen LogP contribution in [0, 0.1) is 0 Å². The number of nitrogens with one attached hydrogen (secondary N) is 2. The highest BCUT2D eigenvalue weighted by Crippen LogP contribution is 2.32. The lowest BCUT2D eigenvalue weighted by Gasteiger charge is -2.11. The summed E-state index contributed by atoms with van der Waals surface area (Å²) in [6.07, 6.45) is 1.57. The monoisotopic (exact) mass is 315 g/mol. The van der Waals surface area contributed by atoms with Crippen LogP contribution in [0.25, 0.3) is 0 Å². The van der Waals surface area contributed by atoms with Crippen LogP contribution in [-0.4, -0.2) is 31.6 Å². The molecule has 0 amide bonds. The number of hydrazone groups is 1. The van der Waals surface area contributed by atoms with Gasteiger partial charge in [0.1, 0.15) is 0 Å². The van der Waals surface area contributed by atoms with Crippen LogP contribution >= 0.6 is 23.8 Å². The van der Waals surface area contributed by atoms with Crippen LogP contribution in [0.5, 0.6) is 11.5 Å². The highest BCUT2D eigenvalue weighted by Gasteiger charge is 2.09. The van der Waals surface area contributed by atoms with Gasteiger partial charge in [-0.05, 0) is 32.1 Å². The number of hydrogen-bond acceptors (Lipinski definition) is 4. The van der Waals surface area contributed by atoms with Gasteiger partial charge in [-0.25, -0.2) is 0 Å². The molecule has 1 rings (SSSR count). The van der Waals surface area contributed by atoms with Crippen LogP contribution < -0.4 is 20.2 Å². The Morgan fingerprint density at radius 1 is 1.40 bits per heavy atom. The van der Waals surface area contributed by atoms with E-state index in [4.69, 9.17) is 33.3 Å². The minimum Gasteiger partial charge on any atom is -0.493 e. The van der Waals surface area contributed by atoms with Gasteiger partial charge in [0.25, 0.3) is 0 Å². The summed E-state index contributed by atoms with van der Waals surface area (Å²) in [5.74, 6) is 1.21. The van der Waals surface area contributed by atoms with Crippen LogP contribution in [0.3, 0.4) is 0 Å². The molecular formula is C13H18ClN3O2S. The molecule has 110 valence electrons. The zero-order valence-corrected chi connectivity index (χ0v) is 13.3. The van der Waals surface area contributed by atoms with Crippen molar-refractivity contribution < 1.29 is 9.47 Å². The molecule has 0 spiro atoms. The topological polar surface area (TPSA) is 54.9 Å². The second-order valence-corrected chi connectivity index (χ2v) is 4.50. The quantitative estimate of drug-likeness (QED) is 0.480. The summed E-state index contributed by atoms with van der Waals surface area (Å²) in [5.41, 5.74) is 3.40. The van der Waals surface area contributed by atoms with Crippen molar-refractivity contribution in [1.29, 1.82) is 0 Å². The minimum atomic E-state index is 0.456. The minimum absolute atomic E-state index is 0.456. The molecular weight excluding hydrogens is 298 g/mol. The Morgan fingerprint density at radius 3 is 2.75 bits per heavy atom. The van der Waals surface area contributed by atoms with Gasteiger partial charge in [-0.2, -0.15) is 5.10 Å². The standard InChI is InChI=1S/C13H18ClN3O2S/c1-4-15-13(20)17-16-8-9-6-11(18-3)12(19-5-2)7-10(9)14/h6-8H,4-5H2,1-3H3,(H2,15,17,20)/b16-8-. The molecule has 0 aliphatic rings. The molecule has 0 unspecified atom stereocenters. The maximum Gasteiger partial charge on any atom is 0.186 e. The average molecular weight is 316 g/mol. The lowest BCUT2D eigenvalue weighted by molar-refractivity contribution is 0.311. The van der Waals surface area contributed by atoms with E-state index in [-0.39, 0.29) is 0 Å². The van der Waals surface area contributed by atoms with E-state index < -0.39 is 0 Å². The van der Waals surface area contributed by atoms with Crippen molar-refractivity contribution in [2.24, 2.45) is 5.10 Å². The molecule has 20 heavy (non-hydrogen) atoms. The molecule has 0 aliphatic carbocycles. The Bertz CT molecular complexity index is 495. The van der Waals surface area contributed by atoms with Gasteiger partial charge in [-0.3, -0.25) is 5.43 Å². The van der Waals surface area contributed by atoms with Crippen LogP contribution in [0.15, 0.2) is 17.2 Å². The Labute approximate surface area is 129 Å². The van der Waals surface area contributed by atoms with Crippen molar-refractivity contribution in [3.63, 3.8) is 0 Å². The molecule has 0 atom stereocenters. The smallest absolute Gasteiger partial charge is 0.186 e. The largest absolute Gasteiger partial charge is 0.493 e. The van der Waals surface area contributed by atoms with Crippen molar-refractivity contribution in [1.82, 2.24) is 10.7 Å². The third kappa shape index (κ3) is 4.86. The van der Waals surface area contributed by atoms with E-state index in [9.17, 15) is 0 Å². The van der Waals surface area contributed by atoms with Gasteiger partial charge in [-0.15, -0.1) is 0 Å². The van der Waals surface area contributed by atoms with Gasteiger partial charge < -0.3 is 14.8 Å². The van der Waals surface area contributed by atoms with Crippen LogP contribution in [0.2, 0.25) is 5.02 Å². The Kier molecular flexibility index (Phi) is 7.11. The van der Waals surface area contributed by atoms with Gasteiger partial charge in [0.05, 0.1) is 25.0 Å². The first kappa shape index (κ1) is 16.5. The fourth-order valence-corrected chi connectivity index (χ4v) is 1.84. The van der Waals surface area contributed by atoms with Crippen LogP contribution in [0.4, 0.5) is 0 Å². The number of rotatable bonds is 6. The van der Waals surface area contributed by atoms with Crippen molar-refractivity contribution >= 4 is 35.1 Å². The maximum atomic E-state index is 6.17. The van der Waals surface area contributed by atoms with Crippen molar-refractivity contribution in [3.05, 3.63) is 22.7 Å². The van der Waals surface area contributed by atoms with Gasteiger partial charge in [-0.1, -0.05) is 11.6 Å². The van der Waals surface area contributed by atoms with Gasteiger partial charge >= 0.3 is 0 Å². The molecule has 0 radical (unpaired) electrons. The van der Waals surface area contributed by atoms with Gasteiger partial charge in [0, 0.05) is 18.2 Å². The second kappa shape index (κ2) is 8.60. The van der Waals surface area contributed by atoms with E-state index in [1.165, 1.54) is 0 Å². The van der Waals surface area contributed by atoms with Crippen molar-refractivity contribution in [2.45, 2.75) is 13.8 Å². The van der Waals surface area contributed by atoms with Crippen LogP contribution in [0.1, 0.15) is 19.4 Å². The lowest BCUT2D eigenvalue weighted by atomic mass is 10.2. The third-order valence-electron chi connectivity index (χ3n) is 2.29. The van der Waals surface area contributed by atoms with E-state index >= 15 is 0 Å². The molecule has 0 saturated heterocycles. The molecule has 5 nitrogen and oxygen atoms in total. The molecule has 0 saturated carbocycles. The molecule has 7 heteroatoms. The number of benzene rings is 1. The van der Waals surface area contributed by atoms with Crippen LogP contribution in [-0.2, 0) is 0 Å². The highest BCUT2D eigenvalue weighted by atomic mass is 35.5. The highest BCUT2D eigenvalue weighted by molar-refractivity contribution is 7.80. The zero-order chi connectivity index (χ0) is 15.0. The first-order valence-corrected chi connectivity index (χ1v) is 6.98. The molecule has 1 aromatic rings. The maximum absolute atomic E-state index is 6.17. The summed E-state index contributed by atoms with van der Waals surface area (Å²) in [4.78, 5) is 0. The Balaban J connectivity index is 2.85. The molecule has 0 aromatic heterocycles. The fourth-order valence-electron chi connectivity index (χ4n) is 1.44. The van der Waals surface area contributed by atoms with E-state index in [0.29, 0.717) is 33.8 Å². The molecule has 0 bridgehead atoms. The molecule has 0 heterocycles. The normalized spacial score (nSPS) is 10.4. The van der Waals surface area contributed by atoms with E-state index in [2.05, 4.69) is 15.8 Å². The molecule has 1 aromatic carbocycles. The number of halogens is 1. The summed E-state index contributed by atoms with van der Waals surface area (Å²) in [6.45, 7) is 5.12. The Morgan fingerprint density at radius 2 is 2.15 bits per heavy atom. The van der Waals surface area contributed by atoms with Crippen molar-refractivity contribution in [3.8, 4) is 11.5 Å². The predicted molar refractivity (Wildman–Crippen MR) is 86.2 cm³/mol. The number of thiocarbonyl (C=S) groups is 1. The van der Waals surface area contributed by atoms with Crippen molar-refractivity contribution in [2.75, 3.05) is 20.3 Å². The van der Waals surface area contributed by atoms with E-state index in [1.54, 1.807) is 25.5 Å².